The second-order valence-electron chi connectivity index (χ2n) is 6.20. The van der Waals surface area contributed by atoms with Crippen LogP contribution in [0.15, 0.2) is 36.5 Å². The summed E-state index contributed by atoms with van der Waals surface area (Å²) >= 11 is 0. The third kappa shape index (κ3) is 4.07. The Labute approximate surface area is 147 Å². The Morgan fingerprint density at radius 1 is 1.24 bits per heavy atom. The van der Waals surface area contributed by atoms with E-state index in [1.54, 1.807) is 13.1 Å². The Balaban J connectivity index is 1.72. The Hall–Kier alpha value is -2.63. The average molecular weight is 341 g/mol. The molecule has 0 aliphatic carbocycles. The van der Waals surface area contributed by atoms with E-state index >= 15 is 0 Å². The molecule has 0 unspecified atom stereocenters. The minimum Gasteiger partial charge on any atom is -0.466 e. The van der Waals surface area contributed by atoms with Gasteiger partial charge in [0.25, 0.3) is 5.91 Å². The third-order valence-electron chi connectivity index (χ3n) is 4.54. The summed E-state index contributed by atoms with van der Waals surface area (Å²) in [6.07, 6.45) is 4.81. The lowest BCUT2D eigenvalue weighted by atomic mass is 9.98. The first-order chi connectivity index (χ1) is 12.2. The molecule has 1 fully saturated rings. The Morgan fingerprint density at radius 3 is 2.72 bits per heavy atom. The number of nitrogens with one attached hydrogen (secondary N) is 1. The molecule has 1 N–H and O–H groups in total. The summed E-state index contributed by atoms with van der Waals surface area (Å²) in [4.78, 5) is 26.5. The molecule has 3 rings (SSSR count). The number of likely N-dealkylation sites (tertiary alicyclic amines) is 1. The molecule has 1 aromatic heterocycles. The highest BCUT2D eigenvalue weighted by molar-refractivity contribution is 5.95. The molecule has 2 heterocycles. The van der Waals surface area contributed by atoms with E-state index in [-0.39, 0.29) is 24.3 Å². The summed E-state index contributed by atoms with van der Waals surface area (Å²) in [5.74, 6) is -0.257. The van der Waals surface area contributed by atoms with E-state index in [4.69, 9.17) is 4.74 Å². The van der Waals surface area contributed by atoms with Crippen molar-refractivity contribution in [3.8, 4) is 11.3 Å². The van der Waals surface area contributed by atoms with Gasteiger partial charge in [-0.25, -0.2) is 0 Å². The maximum Gasteiger partial charge on any atom is 0.307 e. The number of rotatable bonds is 5. The molecule has 0 radical (unpaired) electrons. The minimum atomic E-state index is -0.234. The lowest BCUT2D eigenvalue weighted by Gasteiger charge is -2.35. The van der Waals surface area contributed by atoms with E-state index in [1.807, 2.05) is 35.2 Å². The van der Waals surface area contributed by atoms with E-state index < -0.39 is 0 Å². The van der Waals surface area contributed by atoms with E-state index in [2.05, 4.69) is 10.2 Å². The topological polar surface area (TPSA) is 75.3 Å². The Morgan fingerprint density at radius 2 is 2.04 bits per heavy atom. The zero-order valence-electron chi connectivity index (χ0n) is 14.4. The molecule has 1 amide bonds. The van der Waals surface area contributed by atoms with Crippen molar-refractivity contribution < 1.29 is 14.3 Å². The summed E-state index contributed by atoms with van der Waals surface area (Å²) in [6, 6.07) is 9.28. The van der Waals surface area contributed by atoms with Gasteiger partial charge in [-0.3, -0.25) is 14.7 Å². The molecule has 1 aliphatic heterocycles. The van der Waals surface area contributed by atoms with Crippen LogP contribution >= 0.6 is 0 Å². The molecule has 1 atom stereocenters. The lowest BCUT2D eigenvalue weighted by Crippen LogP contribution is -2.44. The van der Waals surface area contributed by atoms with Crippen LogP contribution in [0.25, 0.3) is 11.3 Å². The Kier molecular flexibility index (Phi) is 5.48. The molecule has 6 heteroatoms. The van der Waals surface area contributed by atoms with Crippen molar-refractivity contribution >= 4 is 11.9 Å². The fourth-order valence-corrected chi connectivity index (χ4v) is 3.27. The van der Waals surface area contributed by atoms with Crippen LogP contribution in [0, 0.1) is 0 Å². The smallest absolute Gasteiger partial charge is 0.307 e. The Bertz CT molecular complexity index is 710. The number of esters is 1. The van der Waals surface area contributed by atoms with Gasteiger partial charge < -0.3 is 9.64 Å². The second kappa shape index (κ2) is 7.96. The van der Waals surface area contributed by atoms with E-state index in [0.717, 1.165) is 30.5 Å². The minimum absolute atomic E-state index is 0.0230. The number of carbonyl (C=O) groups excluding carboxylic acids is 2. The van der Waals surface area contributed by atoms with Crippen molar-refractivity contribution in [2.75, 3.05) is 13.2 Å². The van der Waals surface area contributed by atoms with Gasteiger partial charge in [-0.15, -0.1) is 0 Å². The normalized spacial score (nSPS) is 17.3. The van der Waals surface area contributed by atoms with E-state index in [9.17, 15) is 9.59 Å². The molecule has 2 aromatic rings. The summed E-state index contributed by atoms with van der Waals surface area (Å²) in [6.45, 7) is 2.85. The van der Waals surface area contributed by atoms with Crippen LogP contribution in [-0.4, -0.2) is 46.2 Å². The van der Waals surface area contributed by atoms with Crippen molar-refractivity contribution in [3.63, 3.8) is 0 Å². The highest BCUT2D eigenvalue weighted by Gasteiger charge is 2.29. The number of aromatic amines is 1. The number of amides is 1. The van der Waals surface area contributed by atoms with Crippen molar-refractivity contribution in [1.29, 1.82) is 0 Å². The largest absolute Gasteiger partial charge is 0.466 e. The van der Waals surface area contributed by atoms with Crippen LogP contribution in [0.3, 0.4) is 0 Å². The highest BCUT2D eigenvalue weighted by atomic mass is 16.5. The quantitative estimate of drug-likeness (QED) is 0.848. The van der Waals surface area contributed by atoms with Crippen LogP contribution in [0.4, 0.5) is 0 Å². The van der Waals surface area contributed by atoms with Gasteiger partial charge in [0.1, 0.15) is 0 Å². The predicted octanol–water partition coefficient (Wildman–Crippen LogP) is 3.02. The molecule has 1 aliphatic rings. The van der Waals surface area contributed by atoms with Crippen molar-refractivity contribution in [3.05, 3.63) is 42.1 Å². The maximum absolute atomic E-state index is 12.9. The van der Waals surface area contributed by atoms with Gasteiger partial charge in [-0.2, -0.15) is 5.10 Å². The number of benzene rings is 1. The van der Waals surface area contributed by atoms with Gasteiger partial charge in [-0.1, -0.05) is 12.1 Å². The number of carbonyl (C=O) groups is 2. The van der Waals surface area contributed by atoms with Crippen LogP contribution in [0.1, 0.15) is 43.0 Å². The molecule has 6 nitrogen and oxygen atoms in total. The van der Waals surface area contributed by atoms with Gasteiger partial charge in [-0.05, 0) is 49.9 Å². The number of aromatic nitrogens is 2. The molecule has 1 aromatic carbocycles. The van der Waals surface area contributed by atoms with Crippen LogP contribution < -0.4 is 0 Å². The van der Waals surface area contributed by atoms with Gasteiger partial charge in [0.05, 0.1) is 18.7 Å². The number of H-pyrrole nitrogens is 1. The van der Waals surface area contributed by atoms with Crippen LogP contribution in [-0.2, 0) is 9.53 Å². The van der Waals surface area contributed by atoms with Crippen molar-refractivity contribution in [1.82, 2.24) is 15.1 Å². The van der Waals surface area contributed by atoms with Gasteiger partial charge >= 0.3 is 5.97 Å². The lowest BCUT2D eigenvalue weighted by molar-refractivity contribution is -0.144. The molecular weight excluding hydrogens is 318 g/mol. The predicted molar refractivity (Wildman–Crippen MR) is 93.9 cm³/mol. The summed E-state index contributed by atoms with van der Waals surface area (Å²) < 4.78 is 5.05. The van der Waals surface area contributed by atoms with E-state index in [0.29, 0.717) is 18.7 Å². The molecule has 132 valence electrons. The van der Waals surface area contributed by atoms with Crippen LogP contribution in [0.5, 0.6) is 0 Å². The first-order valence-electron chi connectivity index (χ1n) is 8.75. The molecule has 0 saturated carbocycles. The van der Waals surface area contributed by atoms with Crippen molar-refractivity contribution in [2.45, 2.75) is 38.6 Å². The number of piperidine rings is 1. The second-order valence-corrected chi connectivity index (χ2v) is 6.20. The molecule has 0 bridgehead atoms. The molecular formula is C19H23N3O3. The summed E-state index contributed by atoms with van der Waals surface area (Å²) in [5, 5.41) is 6.85. The maximum atomic E-state index is 12.9. The zero-order valence-corrected chi connectivity index (χ0v) is 14.4. The fraction of sp³-hybridized carbons (Fsp3) is 0.421. The monoisotopic (exact) mass is 341 g/mol. The van der Waals surface area contributed by atoms with Crippen LogP contribution in [0.2, 0.25) is 0 Å². The number of hydrogen-bond acceptors (Lipinski definition) is 4. The molecule has 1 saturated heterocycles. The summed E-state index contributed by atoms with van der Waals surface area (Å²) in [5.41, 5.74) is 2.53. The molecule has 0 spiro atoms. The fourth-order valence-electron chi connectivity index (χ4n) is 3.27. The average Bonchev–Trinajstić information content (AvgIpc) is 3.17. The molecule has 25 heavy (non-hydrogen) atoms. The standard InChI is InChI=1S/C19H23N3O3/c1-2-25-18(23)13-16-5-3-4-12-22(16)19(24)15-8-6-14(7-9-15)17-10-11-20-21-17/h6-11,16H,2-5,12-13H2,1H3,(H,20,21)/t16-/m1/s1. The van der Waals surface area contributed by atoms with Gasteiger partial charge in [0, 0.05) is 24.3 Å². The first kappa shape index (κ1) is 17.2. The van der Waals surface area contributed by atoms with Gasteiger partial charge in [0.2, 0.25) is 0 Å². The van der Waals surface area contributed by atoms with E-state index in [1.165, 1.54) is 0 Å². The first-order valence-corrected chi connectivity index (χ1v) is 8.75. The zero-order chi connectivity index (χ0) is 17.6. The summed E-state index contributed by atoms with van der Waals surface area (Å²) in [7, 11) is 0. The SMILES string of the molecule is CCOC(=O)C[C@H]1CCCCN1C(=O)c1ccc(-c2ccn[nH]2)cc1. The van der Waals surface area contributed by atoms with Crippen molar-refractivity contribution in [2.24, 2.45) is 0 Å². The highest BCUT2D eigenvalue weighted by Crippen LogP contribution is 2.24. The number of nitrogens with zero attached hydrogens (tertiary/aromatic N) is 2. The third-order valence-corrected chi connectivity index (χ3v) is 4.54. The number of hydrogen-bond donors (Lipinski definition) is 1. The van der Waals surface area contributed by atoms with Gasteiger partial charge in [0.15, 0.2) is 0 Å². The number of ether oxygens (including phenoxy) is 1.